The van der Waals surface area contributed by atoms with Crippen molar-refractivity contribution < 1.29 is 4.79 Å². The lowest BCUT2D eigenvalue weighted by Crippen LogP contribution is -2.49. The molecule has 2 N–H and O–H groups in total. The summed E-state index contributed by atoms with van der Waals surface area (Å²) in [5.74, 6) is 1.74. The van der Waals surface area contributed by atoms with Crippen molar-refractivity contribution in [3.63, 3.8) is 0 Å². The number of aliphatic imine (C=N–C) groups is 1. The molecule has 26 heavy (non-hydrogen) atoms. The number of carbonyl (C=O) groups is 1. The summed E-state index contributed by atoms with van der Waals surface area (Å²) in [5.41, 5.74) is 0. The molecule has 2 aliphatic heterocycles. The van der Waals surface area contributed by atoms with Crippen LogP contribution in [0.2, 0.25) is 0 Å². The van der Waals surface area contributed by atoms with Crippen LogP contribution >= 0.6 is 0 Å². The molecule has 2 rings (SSSR count). The Morgan fingerprint density at radius 3 is 2.42 bits per heavy atom. The number of piperazine rings is 1. The largest absolute Gasteiger partial charge is 0.357 e. The van der Waals surface area contributed by atoms with Crippen molar-refractivity contribution in [3.05, 3.63) is 0 Å². The molecule has 0 aliphatic carbocycles. The number of hydrogen-bond donors (Lipinski definition) is 2. The molecule has 0 aromatic carbocycles. The van der Waals surface area contributed by atoms with Crippen LogP contribution in [0.5, 0.6) is 0 Å². The molecule has 1 amide bonds. The smallest absolute Gasteiger partial charge is 0.219 e. The van der Waals surface area contributed by atoms with Crippen LogP contribution < -0.4 is 10.6 Å². The van der Waals surface area contributed by atoms with Gasteiger partial charge < -0.3 is 15.5 Å². The average molecular weight is 367 g/mol. The monoisotopic (exact) mass is 366 g/mol. The molecule has 7 nitrogen and oxygen atoms in total. The van der Waals surface area contributed by atoms with E-state index in [-0.39, 0.29) is 5.91 Å². The van der Waals surface area contributed by atoms with Gasteiger partial charge in [-0.25, -0.2) is 0 Å². The van der Waals surface area contributed by atoms with Crippen LogP contribution in [0, 0.1) is 5.92 Å². The highest BCUT2D eigenvalue weighted by Crippen LogP contribution is 2.18. The van der Waals surface area contributed by atoms with Gasteiger partial charge in [0.1, 0.15) is 0 Å². The minimum Gasteiger partial charge on any atom is -0.357 e. The van der Waals surface area contributed by atoms with E-state index in [1.807, 2.05) is 4.90 Å². The lowest BCUT2D eigenvalue weighted by Gasteiger charge is -2.33. The minimum atomic E-state index is 0.183. The topological polar surface area (TPSA) is 63.2 Å². The molecule has 2 atom stereocenters. The third-order valence-electron chi connectivity index (χ3n) is 5.54. The second kappa shape index (κ2) is 10.1. The van der Waals surface area contributed by atoms with Gasteiger partial charge in [0.15, 0.2) is 5.96 Å². The van der Waals surface area contributed by atoms with Crippen LogP contribution in [0.15, 0.2) is 4.99 Å². The Morgan fingerprint density at radius 2 is 1.88 bits per heavy atom. The van der Waals surface area contributed by atoms with Crippen molar-refractivity contribution in [2.24, 2.45) is 10.9 Å². The number of carbonyl (C=O) groups excluding carboxylic acids is 1. The Hall–Kier alpha value is -1.34. The molecule has 2 unspecified atom stereocenters. The van der Waals surface area contributed by atoms with E-state index in [4.69, 9.17) is 4.99 Å². The van der Waals surface area contributed by atoms with Crippen LogP contribution in [0.3, 0.4) is 0 Å². The Kier molecular flexibility index (Phi) is 8.15. The quantitative estimate of drug-likeness (QED) is 0.527. The molecule has 0 bridgehead atoms. The zero-order valence-electron chi connectivity index (χ0n) is 17.3. The number of rotatable bonds is 6. The van der Waals surface area contributed by atoms with E-state index in [1.54, 1.807) is 6.92 Å². The van der Waals surface area contributed by atoms with Crippen LogP contribution in [-0.2, 0) is 4.79 Å². The summed E-state index contributed by atoms with van der Waals surface area (Å²) in [6, 6.07) is 1.05. The third kappa shape index (κ3) is 6.13. The van der Waals surface area contributed by atoms with Crippen molar-refractivity contribution in [3.8, 4) is 0 Å². The van der Waals surface area contributed by atoms with Crippen molar-refractivity contribution in [1.82, 2.24) is 25.3 Å². The lowest BCUT2D eigenvalue weighted by atomic mass is 10.1. The molecule has 2 saturated heterocycles. The van der Waals surface area contributed by atoms with Gasteiger partial charge in [-0.3, -0.25) is 19.6 Å². The van der Waals surface area contributed by atoms with E-state index in [0.29, 0.717) is 18.0 Å². The van der Waals surface area contributed by atoms with E-state index in [0.717, 1.165) is 64.9 Å². The molecule has 2 heterocycles. The lowest BCUT2D eigenvalue weighted by molar-refractivity contribution is -0.130. The second-order valence-electron chi connectivity index (χ2n) is 7.88. The number of likely N-dealkylation sites (tertiary alicyclic amines) is 1. The normalized spacial score (nSPS) is 25.8. The van der Waals surface area contributed by atoms with E-state index >= 15 is 0 Å². The molecule has 0 spiro atoms. The number of guanidine groups is 1. The average Bonchev–Trinajstić information content (AvgIpc) is 2.96. The highest BCUT2D eigenvalue weighted by Gasteiger charge is 2.31. The standard InChI is InChI=1S/C19H38N6O/c1-6-20-19(22-18-14-25(15(2)3)13-16(18)4)21-7-8-23-9-11-24(12-10-23)17(5)26/h15-16,18H,6-14H2,1-5H3,(H2,20,21,22). The predicted molar refractivity (Wildman–Crippen MR) is 107 cm³/mol. The summed E-state index contributed by atoms with van der Waals surface area (Å²) < 4.78 is 0. The fraction of sp³-hybridized carbons (Fsp3) is 0.895. The van der Waals surface area contributed by atoms with Crippen LogP contribution in [0.25, 0.3) is 0 Å². The molecule has 2 aliphatic rings. The second-order valence-corrected chi connectivity index (χ2v) is 7.88. The summed E-state index contributed by atoms with van der Waals surface area (Å²) in [5, 5.41) is 7.02. The zero-order chi connectivity index (χ0) is 19.1. The van der Waals surface area contributed by atoms with Crippen molar-refractivity contribution in [2.75, 3.05) is 58.9 Å². The molecule has 0 saturated carbocycles. The van der Waals surface area contributed by atoms with Gasteiger partial charge in [0, 0.05) is 71.4 Å². The minimum absolute atomic E-state index is 0.183. The maximum atomic E-state index is 11.4. The van der Waals surface area contributed by atoms with Crippen molar-refractivity contribution >= 4 is 11.9 Å². The first-order valence-electron chi connectivity index (χ1n) is 10.2. The van der Waals surface area contributed by atoms with Crippen LogP contribution in [0.1, 0.15) is 34.6 Å². The summed E-state index contributed by atoms with van der Waals surface area (Å²) in [7, 11) is 0. The van der Waals surface area contributed by atoms with Gasteiger partial charge in [-0.2, -0.15) is 0 Å². The van der Waals surface area contributed by atoms with Crippen LogP contribution in [0.4, 0.5) is 0 Å². The molecule has 2 fully saturated rings. The number of nitrogens with zero attached hydrogens (tertiary/aromatic N) is 4. The fourth-order valence-corrected chi connectivity index (χ4v) is 3.70. The third-order valence-corrected chi connectivity index (χ3v) is 5.54. The van der Waals surface area contributed by atoms with E-state index in [1.165, 1.54) is 0 Å². The van der Waals surface area contributed by atoms with Crippen LogP contribution in [-0.4, -0.2) is 97.6 Å². The Bertz CT molecular complexity index is 473. The highest BCUT2D eigenvalue weighted by molar-refractivity contribution is 5.80. The zero-order valence-corrected chi connectivity index (χ0v) is 17.3. The van der Waals surface area contributed by atoms with Gasteiger partial charge in [0.2, 0.25) is 5.91 Å². The van der Waals surface area contributed by atoms with Gasteiger partial charge in [0.05, 0.1) is 6.54 Å². The molecule has 150 valence electrons. The highest BCUT2D eigenvalue weighted by atomic mass is 16.2. The van der Waals surface area contributed by atoms with Gasteiger partial charge in [-0.15, -0.1) is 0 Å². The maximum Gasteiger partial charge on any atom is 0.219 e. The van der Waals surface area contributed by atoms with E-state index in [9.17, 15) is 4.79 Å². The number of hydrogen-bond acceptors (Lipinski definition) is 4. The summed E-state index contributed by atoms with van der Waals surface area (Å²) >= 11 is 0. The number of amides is 1. The van der Waals surface area contributed by atoms with Gasteiger partial charge in [0.25, 0.3) is 0 Å². The number of nitrogens with one attached hydrogen (secondary N) is 2. The van der Waals surface area contributed by atoms with E-state index in [2.05, 4.69) is 48.1 Å². The first kappa shape index (κ1) is 21.0. The van der Waals surface area contributed by atoms with Gasteiger partial charge >= 0.3 is 0 Å². The molecule has 0 aromatic rings. The molecule has 7 heteroatoms. The Balaban J connectivity index is 1.79. The predicted octanol–water partition coefficient (Wildman–Crippen LogP) is 0.434. The van der Waals surface area contributed by atoms with Crippen molar-refractivity contribution in [1.29, 1.82) is 0 Å². The van der Waals surface area contributed by atoms with Gasteiger partial charge in [-0.1, -0.05) is 6.92 Å². The maximum absolute atomic E-state index is 11.4. The van der Waals surface area contributed by atoms with E-state index < -0.39 is 0 Å². The first-order valence-corrected chi connectivity index (χ1v) is 10.2. The Morgan fingerprint density at radius 1 is 1.19 bits per heavy atom. The van der Waals surface area contributed by atoms with Crippen molar-refractivity contribution in [2.45, 2.75) is 46.7 Å². The molecular weight excluding hydrogens is 328 g/mol. The SMILES string of the molecule is CCNC(=NCCN1CCN(C(C)=O)CC1)NC1CN(C(C)C)CC1C. The molecule has 0 radical (unpaired) electrons. The summed E-state index contributed by atoms with van der Waals surface area (Å²) in [6.07, 6.45) is 0. The van der Waals surface area contributed by atoms with Gasteiger partial charge in [-0.05, 0) is 26.7 Å². The molecule has 0 aromatic heterocycles. The summed E-state index contributed by atoms with van der Waals surface area (Å²) in [6.45, 7) is 19.0. The summed E-state index contributed by atoms with van der Waals surface area (Å²) in [4.78, 5) is 23.0. The Labute approximate surface area is 159 Å². The molecular formula is C19H38N6O. The first-order chi connectivity index (χ1) is 12.4. The fourth-order valence-electron chi connectivity index (χ4n) is 3.70.